The van der Waals surface area contributed by atoms with E-state index in [1.165, 1.54) is 24.3 Å². The predicted octanol–water partition coefficient (Wildman–Crippen LogP) is 0.346. The van der Waals surface area contributed by atoms with Gasteiger partial charge in [-0.25, -0.2) is 9.59 Å². The minimum absolute atomic E-state index is 0.119. The van der Waals surface area contributed by atoms with E-state index in [2.05, 4.69) is 4.74 Å². The third-order valence-electron chi connectivity index (χ3n) is 2.10. The monoisotopic (exact) mass is 293 g/mol. The Morgan fingerprint density at radius 3 is 2.71 bits per heavy atom. The molecule has 0 unspecified atom stereocenters. The van der Waals surface area contributed by atoms with E-state index in [1.807, 2.05) is 0 Å². The number of amides is 3. The normalized spacial score (nSPS) is 10.1. The lowest BCUT2D eigenvalue weighted by Gasteiger charge is -2.01. The fourth-order valence-electron chi connectivity index (χ4n) is 1.26. The van der Waals surface area contributed by atoms with Gasteiger partial charge in [0.1, 0.15) is 0 Å². The second kappa shape index (κ2) is 7.38. The van der Waals surface area contributed by atoms with Crippen LogP contribution in [0, 0.1) is 10.1 Å². The number of nitrogens with zero attached hydrogens (tertiary/aromatic N) is 1. The van der Waals surface area contributed by atoms with Crippen LogP contribution in [0.3, 0.4) is 0 Å². The number of nitro groups is 1. The molecule has 0 aliphatic carbocycles. The van der Waals surface area contributed by atoms with E-state index in [4.69, 9.17) is 5.73 Å². The average molecular weight is 293 g/mol. The summed E-state index contributed by atoms with van der Waals surface area (Å²) in [6, 6.07) is 4.54. The molecule has 0 aliphatic heterocycles. The van der Waals surface area contributed by atoms with E-state index in [0.717, 1.165) is 6.08 Å². The third kappa shape index (κ3) is 5.96. The number of non-ortho nitro benzene ring substituents is 1. The van der Waals surface area contributed by atoms with Crippen LogP contribution in [0.4, 0.5) is 10.5 Å². The molecule has 0 aromatic heterocycles. The maximum Gasteiger partial charge on any atom is 0.331 e. The smallest absolute Gasteiger partial charge is 0.331 e. The number of nitrogens with one attached hydrogen (secondary N) is 1. The van der Waals surface area contributed by atoms with Crippen LogP contribution in [0.15, 0.2) is 30.3 Å². The highest BCUT2D eigenvalue weighted by atomic mass is 16.6. The standard InChI is InChI=1S/C12H11N3O6/c13-12(18)14-10(16)7-21-11(17)5-4-8-2-1-3-9(6-8)15(19)20/h1-6H,7H2,(H3,13,14,16,18). The number of esters is 1. The number of hydrogen-bond acceptors (Lipinski definition) is 6. The number of urea groups is 1. The Bertz CT molecular complexity index is 611. The molecule has 0 saturated carbocycles. The Morgan fingerprint density at radius 2 is 2.10 bits per heavy atom. The van der Waals surface area contributed by atoms with E-state index < -0.39 is 29.4 Å². The molecule has 9 nitrogen and oxygen atoms in total. The fraction of sp³-hybridized carbons (Fsp3) is 0.0833. The molecule has 1 rings (SSSR count). The van der Waals surface area contributed by atoms with Gasteiger partial charge in [-0.2, -0.15) is 0 Å². The van der Waals surface area contributed by atoms with Crippen molar-refractivity contribution in [3.8, 4) is 0 Å². The van der Waals surface area contributed by atoms with Gasteiger partial charge in [-0.15, -0.1) is 0 Å². The molecule has 21 heavy (non-hydrogen) atoms. The van der Waals surface area contributed by atoms with E-state index in [0.29, 0.717) is 5.56 Å². The van der Waals surface area contributed by atoms with Gasteiger partial charge in [0.05, 0.1) is 4.92 Å². The van der Waals surface area contributed by atoms with Crippen LogP contribution < -0.4 is 11.1 Å². The van der Waals surface area contributed by atoms with Gasteiger partial charge in [0.2, 0.25) is 0 Å². The molecule has 0 radical (unpaired) electrons. The molecule has 0 fully saturated rings. The number of ether oxygens (including phenoxy) is 1. The number of carbonyl (C=O) groups excluding carboxylic acids is 3. The zero-order valence-electron chi connectivity index (χ0n) is 10.6. The van der Waals surface area contributed by atoms with Crippen molar-refractivity contribution in [1.82, 2.24) is 5.32 Å². The predicted molar refractivity (Wildman–Crippen MR) is 70.8 cm³/mol. The zero-order valence-corrected chi connectivity index (χ0v) is 10.6. The summed E-state index contributed by atoms with van der Waals surface area (Å²) in [5.74, 6) is -1.71. The Kier molecular flexibility index (Phi) is 5.56. The van der Waals surface area contributed by atoms with E-state index in [-0.39, 0.29) is 5.69 Å². The summed E-state index contributed by atoms with van der Waals surface area (Å²) >= 11 is 0. The first-order valence-corrected chi connectivity index (χ1v) is 5.57. The highest BCUT2D eigenvalue weighted by molar-refractivity contribution is 5.95. The van der Waals surface area contributed by atoms with Crippen LogP contribution in [-0.4, -0.2) is 29.4 Å². The highest BCUT2D eigenvalue weighted by Crippen LogP contribution is 2.14. The van der Waals surface area contributed by atoms with Gasteiger partial charge in [0.25, 0.3) is 11.6 Å². The molecule has 1 aromatic rings. The van der Waals surface area contributed by atoms with Crippen LogP contribution in [0.1, 0.15) is 5.56 Å². The van der Waals surface area contributed by atoms with E-state index in [1.54, 1.807) is 11.4 Å². The summed E-state index contributed by atoms with van der Waals surface area (Å²) < 4.78 is 4.52. The average Bonchev–Trinajstić information content (AvgIpc) is 2.42. The van der Waals surface area contributed by atoms with Crippen LogP contribution in [-0.2, 0) is 14.3 Å². The molecule has 0 saturated heterocycles. The van der Waals surface area contributed by atoms with Gasteiger partial charge in [-0.3, -0.25) is 20.2 Å². The third-order valence-corrected chi connectivity index (χ3v) is 2.10. The van der Waals surface area contributed by atoms with Gasteiger partial charge in [0.15, 0.2) is 6.61 Å². The first-order valence-electron chi connectivity index (χ1n) is 5.57. The van der Waals surface area contributed by atoms with Crippen molar-refractivity contribution in [3.63, 3.8) is 0 Å². The first kappa shape index (κ1) is 15.8. The lowest BCUT2D eigenvalue weighted by Crippen LogP contribution is -2.37. The minimum Gasteiger partial charge on any atom is -0.452 e. The lowest BCUT2D eigenvalue weighted by molar-refractivity contribution is -0.384. The zero-order chi connectivity index (χ0) is 15.8. The van der Waals surface area contributed by atoms with Gasteiger partial charge >= 0.3 is 12.0 Å². The summed E-state index contributed by atoms with van der Waals surface area (Å²) in [4.78, 5) is 42.6. The Balaban J connectivity index is 2.54. The fourth-order valence-corrected chi connectivity index (χ4v) is 1.26. The van der Waals surface area contributed by atoms with Crippen molar-refractivity contribution in [2.45, 2.75) is 0 Å². The van der Waals surface area contributed by atoms with Crippen molar-refractivity contribution in [2.75, 3.05) is 6.61 Å². The summed E-state index contributed by atoms with van der Waals surface area (Å²) in [6.45, 7) is -0.666. The summed E-state index contributed by atoms with van der Waals surface area (Å²) in [5.41, 5.74) is 4.99. The van der Waals surface area contributed by atoms with Gasteiger partial charge in [-0.05, 0) is 11.6 Å². The molecular weight excluding hydrogens is 282 g/mol. The van der Waals surface area contributed by atoms with Crippen LogP contribution in [0.2, 0.25) is 0 Å². The molecule has 1 aromatic carbocycles. The molecular formula is C12H11N3O6. The lowest BCUT2D eigenvalue weighted by atomic mass is 10.2. The largest absolute Gasteiger partial charge is 0.452 e. The van der Waals surface area contributed by atoms with Crippen molar-refractivity contribution in [2.24, 2.45) is 5.73 Å². The maximum absolute atomic E-state index is 11.3. The van der Waals surface area contributed by atoms with Gasteiger partial charge in [0, 0.05) is 18.2 Å². The number of imide groups is 1. The van der Waals surface area contributed by atoms with Crippen molar-refractivity contribution in [3.05, 3.63) is 46.0 Å². The number of nitro benzene ring substituents is 1. The molecule has 0 spiro atoms. The SMILES string of the molecule is NC(=O)NC(=O)COC(=O)C=Cc1cccc([N+](=O)[O-])c1. The summed E-state index contributed by atoms with van der Waals surface area (Å²) in [5, 5.41) is 12.3. The molecule has 0 bridgehead atoms. The van der Waals surface area contributed by atoms with Crippen molar-refractivity contribution in [1.29, 1.82) is 0 Å². The second-order valence-corrected chi connectivity index (χ2v) is 3.71. The topological polar surface area (TPSA) is 142 Å². The molecule has 3 amide bonds. The molecule has 3 N–H and O–H groups in total. The number of carbonyl (C=O) groups is 3. The second-order valence-electron chi connectivity index (χ2n) is 3.71. The van der Waals surface area contributed by atoms with Crippen LogP contribution >= 0.6 is 0 Å². The Morgan fingerprint density at radius 1 is 1.38 bits per heavy atom. The molecule has 110 valence electrons. The molecule has 0 atom stereocenters. The van der Waals surface area contributed by atoms with Crippen molar-refractivity contribution < 1.29 is 24.0 Å². The Hall–Kier alpha value is -3.23. The molecule has 0 heterocycles. The van der Waals surface area contributed by atoms with Gasteiger partial charge < -0.3 is 10.5 Å². The maximum atomic E-state index is 11.3. The molecule has 0 aliphatic rings. The quantitative estimate of drug-likeness (QED) is 0.347. The molecule has 9 heteroatoms. The van der Waals surface area contributed by atoms with E-state index >= 15 is 0 Å². The first-order chi connectivity index (χ1) is 9.88. The van der Waals surface area contributed by atoms with Gasteiger partial charge in [-0.1, -0.05) is 12.1 Å². The number of primary amides is 1. The summed E-state index contributed by atoms with van der Waals surface area (Å²) in [6.07, 6.45) is 2.29. The number of hydrogen-bond donors (Lipinski definition) is 2. The Labute approximate surface area is 118 Å². The number of nitrogens with two attached hydrogens (primary N) is 1. The van der Waals surface area contributed by atoms with Crippen LogP contribution in [0.25, 0.3) is 6.08 Å². The van der Waals surface area contributed by atoms with Crippen molar-refractivity contribution >= 4 is 29.7 Å². The highest BCUT2D eigenvalue weighted by Gasteiger charge is 2.07. The van der Waals surface area contributed by atoms with Crippen LogP contribution in [0.5, 0.6) is 0 Å². The number of benzene rings is 1. The minimum atomic E-state index is -1.05. The number of rotatable bonds is 5. The van der Waals surface area contributed by atoms with E-state index in [9.17, 15) is 24.5 Å². The summed E-state index contributed by atoms with van der Waals surface area (Å²) in [7, 11) is 0.